The fourth-order valence-electron chi connectivity index (χ4n) is 2.11. The van der Waals surface area contributed by atoms with Crippen molar-refractivity contribution in [1.82, 2.24) is 4.98 Å². The monoisotopic (exact) mass is 277 g/mol. The Balaban J connectivity index is 1.71. The van der Waals surface area contributed by atoms with Gasteiger partial charge < -0.3 is 4.74 Å². The van der Waals surface area contributed by atoms with E-state index in [1.807, 2.05) is 61.5 Å². The summed E-state index contributed by atoms with van der Waals surface area (Å²) in [4.78, 5) is 16.3. The zero-order chi connectivity index (χ0) is 14.7. The molecule has 0 spiro atoms. The maximum atomic E-state index is 12.1. The highest BCUT2D eigenvalue weighted by Gasteiger charge is 2.07. The van der Waals surface area contributed by atoms with Crippen LogP contribution >= 0.6 is 0 Å². The third-order valence-corrected chi connectivity index (χ3v) is 3.32. The normalized spacial score (nSPS) is 10.5. The number of pyridine rings is 1. The summed E-state index contributed by atoms with van der Waals surface area (Å²) in [5.41, 5.74) is 2.66. The van der Waals surface area contributed by atoms with E-state index < -0.39 is 0 Å². The van der Waals surface area contributed by atoms with Crippen molar-refractivity contribution in [3.05, 3.63) is 71.9 Å². The Kier molecular flexibility index (Phi) is 3.65. The summed E-state index contributed by atoms with van der Waals surface area (Å²) in [7, 11) is 0. The molecule has 3 nitrogen and oxygen atoms in total. The van der Waals surface area contributed by atoms with Crippen molar-refractivity contribution in [2.75, 3.05) is 6.61 Å². The van der Waals surface area contributed by atoms with E-state index in [0.717, 1.165) is 16.5 Å². The van der Waals surface area contributed by atoms with Gasteiger partial charge in [-0.05, 0) is 25.1 Å². The first-order chi connectivity index (χ1) is 10.2. The van der Waals surface area contributed by atoms with E-state index in [1.165, 1.54) is 0 Å². The molecule has 21 heavy (non-hydrogen) atoms. The molecule has 1 heterocycles. The number of ether oxygens (including phenoxy) is 1. The lowest BCUT2D eigenvalue weighted by atomic mass is 10.1. The van der Waals surface area contributed by atoms with Gasteiger partial charge in [-0.25, -0.2) is 0 Å². The zero-order valence-corrected chi connectivity index (χ0v) is 11.7. The van der Waals surface area contributed by atoms with E-state index in [4.69, 9.17) is 4.74 Å². The average Bonchev–Trinajstić information content (AvgIpc) is 2.53. The van der Waals surface area contributed by atoms with Crippen LogP contribution in [0.4, 0.5) is 0 Å². The Bertz CT molecular complexity index is 779. The highest BCUT2D eigenvalue weighted by molar-refractivity contribution is 5.97. The Labute approximate surface area is 123 Å². The second-order valence-corrected chi connectivity index (χ2v) is 4.94. The lowest BCUT2D eigenvalue weighted by Gasteiger charge is -2.06. The van der Waals surface area contributed by atoms with E-state index >= 15 is 0 Å². The topological polar surface area (TPSA) is 39.2 Å². The van der Waals surface area contributed by atoms with Crippen LogP contribution in [0, 0.1) is 6.92 Å². The molecule has 0 aliphatic heterocycles. The van der Waals surface area contributed by atoms with Crippen molar-refractivity contribution in [2.24, 2.45) is 0 Å². The SMILES string of the molecule is Cc1ccc(C(=O)COc2ccc3cccnc3c2)cc1. The fraction of sp³-hybridized carbons (Fsp3) is 0.111. The van der Waals surface area contributed by atoms with Crippen LogP contribution in [-0.2, 0) is 0 Å². The van der Waals surface area contributed by atoms with Gasteiger partial charge >= 0.3 is 0 Å². The number of benzene rings is 2. The second kappa shape index (κ2) is 5.75. The molecular formula is C18H15NO2. The van der Waals surface area contributed by atoms with Crippen LogP contribution in [-0.4, -0.2) is 17.4 Å². The molecule has 0 N–H and O–H groups in total. The second-order valence-electron chi connectivity index (χ2n) is 4.94. The molecule has 3 aromatic rings. The molecular weight excluding hydrogens is 262 g/mol. The van der Waals surface area contributed by atoms with Gasteiger partial charge in [0.1, 0.15) is 5.75 Å². The molecule has 0 aliphatic carbocycles. The number of hydrogen-bond donors (Lipinski definition) is 0. The molecule has 0 radical (unpaired) electrons. The highest BCUT2D eigenvalue weighted by Crippen LogP contribution is 2.19. The van der Waals surface area contributed by atoms with Gasteiger partial charge in [0.2, 0.25) is 0 Å². The lowest BCUT2D eigenvalue weighted by molar-refractivity contribution is 0.0921. The Hall–Kier alpha value is -2.68. The smallest absolute Gasteiger partial charge is 0.200 e. The molecule has 0 saturated carbocycles. The number of fused-ring (bicyclic) bond motifs is 1. The minimum atomic E-state index is -0.0314. The Morgan fingerprint density at radius 3 is 2.71 bits per heavy atom. The maximum Gasteiger partial charge on any atom is 0.200 e. The van der Waals surface area contributed by atoms with Gasteiger partial charge in [-0.1, -0.05) is 35.9 Å². The number of ketones is 1. The van der Waals surface area contributed by atoms with Crippen LogP contribution in [0.25, 0.3) is 10.9 Å². The molecule has 3 rings (SSSR count). The largest absolute Gasteiger partial charge is 0.485 e. The minimum absolute atomic E-state index is 0.0292. The van der Waals surface area contributed by atoms with E-state index in [1.54, 1.807) is 6.20 Å². The predicted molar refractivity (Wildman–Crippen MR) is 82.7 cm³/mol. The molecule has 0 amide bonds. The molecule has 3 heteroatoms. The van der Waals surface area contributed by atoms with Crippen molar-refractivity contribution >= 4 is 16.7 Å². The van der Waals surface area contributed by atoms with Gasteiger partial charge in [-0.3, -0.25) is 9.78 Å². The summed E-state index contributed by atoms with van der Waals surface area (Å²) in [6.45, 7) is 2.02. The molecule has 0 atom stereocenters. The average molecular weight is 277 g/mol. The highest BCUT2D eigenvalue weighted by atomic mass is 16.5. The summed E-state index contributed by atoms with van der Waals surface area (Å²) in [6.07, 6.45) is 1.74. The maximum absolute atomic E-state index is 12.1. The number of carbonyl (C=O) groups excluding carboxylic acids is 1. The van der Waals surface area contributed by atoms with E-state index in [2.05, 4.69) is 4.98 Å². The first kappa shape index (κ1) is 13.3. The zero-order valence-electron chi connectivity index (χ0n) is 11.7. The summed E-state index contributed by atoms with van der Waals surface area (Å²) in [6, 6.07) is 17.0. The standard InChI is InChI=1S/C18H15NO2/c1-13-4-6-15(7-5-13)18(20)12-21-16-9-8-14-3-2-10-19-17(14)11-16/h2-11H,12H2,1H3. The molecule has 0 fully saturated rings. The van der Waals surface area contributed by atoms with Crippen molar-refractivity contribution in [1.29, 1.82) is 0 Å². The fourth-order valence-corrected chi connectivity index (χ4v) is 2.11. The number of rotatable bonds is 4. The number of aromatic nitrogens is 1. The van der Waals surface area contributed by atoms with Crippen LogP contribution in [0.15, 0.2) is 60.8 Å². The van der Waals surface area contributed by atoms with Crippen LogP contribution in [0.2, 0.25) is 0 Å². The van der Waals surface area contributed by atoms with Gasteiger partial charge in [0.05, 0.1) is 5.52 Å². The van der Waals surface area contributed by atoms with Crippen LogP contribution in [0.5, 0.6) is 5.75 Å². The first-order valence-electron chi connectivity index (χ1n) is 6.80. The number of hydrogen-bond acceptors (Lipinski definition) is 3. The lowest BCUT2D eigenvalue weighted by Crippen LogP contribution is -2.11. The van der Waals surface area contributed by atoms with Crippen LogP contribution in [0.3, 0.4) is 0 Å². The molecule has 0 bridgehead atoms. The molecule has 104 valence electrons. The third kappa shape index (κ3) is 3.08. The number of aryl methyl sites for hydroxylation is 1. The van der Waals surface area contributed by atoms with Crippen molar-refractivity contribution in [2.45, 2.75) is 6.92 Å². The molecule has 0 unspecified atom stereocenters. The number of nitrogens with zero attached hydrogens (tertiary/aromatic N) is 1. The summed E-state index contributed by atoms with van der Waals surface area (Å²) in [5, 5.41) is 1.05. The molecule has 0 saturated heterocycles. The first-order valence-corrected chi connectivity index (χ1v) is 6.80. The summed E-state index contributed by atoms with van der Waals surface area (Å²) < 4.78 is 5.57. The molecule has 2 aromatic carbocycles. The summed E-state index contributed by atoms with van der Waals surface area (Å²) >= 11 is 0. The van der Waals surface area contributed by atoms with Gasteiger partial charge in [0.25, 0.3) is 0 Å². The third-order valence-electron chi connectivity index (χ3n) is 3.32. The minimum Gasteiger partial charge on any atom is -0.485 e. The molecule has 0 aliphatic rings. The van der Waals surface area contributed by atoms with E-state index in [-0.39, 0.29) is 12.4 Å². The Morgan fingerprint density at radius 1 is 1.10 bits per heavy atom. The van der Waals surface area contributed by atoms with Gasteiger partial charge in [-0.2, -0.15) is 0 Å². The van der Waals surface area contributed by atoms with Crippen LogP contribution < -0.4 is 4.74 Å². The van der Waals surface area contributed by atoms with Crippen molar-refractivity contribution < 1.29 is 9.53 Å². The van der Waals surface area contributed by atoms with Crippen LogP contribution in [0.1, 0.15) is 15.9 Å². The van der Waals surface area contributed by atoms with E-state index in [9.17, 15) is 4.79 Å². The van der Waals surface area contributed by atoms with E-state index in [0.29, 0.717) is 11.3 Å². The van der Waals surface area contributed by atoms with Crippen molar-refractivity contribution in [3.8, 4) is 5.75 Å². The quantitative estimate of drug-likeness (QED) is 0.681. The van der Waals surface area contributed by atoms with Gasteiger partial charge in [-0.15, -0.1) is 0 Å². The molecule has 1 aromatic heterocycles. The van der Waals surface area contributed by atoms with Gasteiger partial charge in [0.15, 0.2) is 12.4 Å². The number of carbonyl (C=O) groups is 1. The van der Waals surface area contributed by atoms with Gasteiger partial charge in [0, 0.05) is 23.2 Å². The predicted octanol–water partition coefficient (Wildman–Crippen LogP) is 3.80. The number of Topliss-reactive ketones (excluding diaryl/α,β-unsaturated/α-hetero) is 1. The Morgan fingerprint density at radius 2 is 1.90 bits per heavy atom. The van der Waals surface area contributed by atoms with Crippen molar-refractivity contribution in [3.63, 3.8) is 0 Å². The summed E-state index contributed by atoms with van der Waals surface area (Å²) in [5.74, 6) is 0.623.